The molecule has 0 aliphatic rings. The number of hydrogen-bond acceptors (Lipinski definition) is 5. The van der Waals surface area contributed by atoms with Gasteiger partial charge < -0.3 is 21.2 Å². The minimum Gasteiger partial charge on any atom is -0.356 e. The van der Waals surface area contributed by atoms with Gasteiger partial charge in [0.05, 0.1) is 12.1 Å². The van der Waals surface area contributed by atoms with Gasteiger partial charge >= 0.3 is 0 Å². The highest BCUT2D eigenvalue weighted by Crippen LogP contribution is 2.16. The summed E-state index contributed by atoms with van der Waals surface area (Å²) in [5.74, 6) is -0.0113. The summed E-state index contributed by atoms with van der Waals surface area (Å²) in [6.45, 7) is 9.97. The van der Waals surface area contributed by atoms with Crippen molar-refractivity contribution >= 4 is 18.6 Å². The van der Waals surface area contributed by atoms with Crippen molar-refractivity contribution in [3.8, 4) is 0 Å². The zero-order chi connectivity index (χ0) is 24.2. The number of aldehydes is 1. The lowest BCUT2D eigenvalue weighted by Crippen LogP contribution is -2.48. The van der Waals surface area contributed by atoms with Crippen LogP contribution in [0.15, 0.2) is 30.3 Å². The van der Waals surface area contributed by atoms with E-state index in [4.69, 9.17) is 0 Å². The second kappa shape index (κ2) is 19.7. The van der Waals surface area contributed by atoms with Gasteiger partial charge in [0.2, 0.25) is 12.3 Å². The largest absolute Gasteiger partial charge is 0.356 e. The maximum atomic E-state index is 12.7. The Hall–Kier alpha value is -2.25. The summed E-state index contributed by atoms with van der Waals surface area (Å²) in [5.41, 5.74) is 5.57. The molecule has 0 saturated carbocycles. The first-order valence-electron chi connectivity index (χ1n) is 11.2. The van der Waals surface area contributed by atoms with Crippen LogP contribution in [0.2, 0.25) is 0 Å². The van der Waals surface area contributed by atoms with Gasteiger partial charge in [-0.2, -0.15) is 0 Å². The summed E-state index contributed by atoms with van der Waals surface area (Å²) in [6, 6.07) is 9.60. The molecule has 0 aromatic heterocycles. The Morgan fingerprint density at radius 1 is 1.10 bits per heavy atom. The Labute approximate surface area is 189 Å². The van der Waals surface area contributed by atoms with Crippen LogP contribution < -0.4 is 16.4 Å². The number of nitrogens with zero attached hydrogens (tertiary/aromatic N) is 1. The van der Waals surface area contributed by atoms with Crippen LogP contribution >= 0.6 is 0 Å². The average molecular weight is 437 g/mol. The molecule has 0 fully saturated rings. The van der Waals surface area contributed by atoms with Gasteiger partial charge in [0.15, 0.2) is 0 Å². The molecule has 4 atom stereocenters. The smallest absolute Gasteiger partial charge is 0.237 e. The molecule has 7 nitrogen and oxygen atoms in total. The van der Waals surface area contributed by atoms with Crippen molar-refractivity contribution in [1.29, 1.82) is 0 Å². The van der Waals surface area contributed by atoms with E-state index in [2.05, 4.69) is 28.2 Å². The van der Waals surface area contributed by atoms with Crippen LogP contribution in [-0.2, 0) is 14.4 Å². The second-order valence-corrected chi connectivity index (χ2v) is 7.01. The van der Waals surface area contributed by atoms with E-state index in [0.29, 0.717) is 19.3 Å². The van der Waals surface area contributed by atoms with E-state index in [1.165, 1.54) is 7.05 Å². The van der Waals surface area contributed by atoms with E-state index >= 15 is 0 Å². The van der Waals surface area contributed by atoms with Gasteiger partial charge in [-0.15, -0.1) is 0 Å². The highest BCUT2D eigenvalue weighted by molar-refractivity contribution is 5.81. The summed E-state index contributed by atoms with van der Waals surface area (Å²) in [7, 11) is 3.45. The summed E-state index contributed by atoms with van der Waals surface area (Å²) in [6.07, 6.45) is 4.17. The molecular formula is C24H44N4O3. The Morgan fingerprint density at radius 2 is 1.68 bits per heavy atom. The van der Waals surface area contributed by atoms with E-state index in [0.717, 1.165) is 24.7 Å². The number of benzene rings is 1. The van der Waals surface area contributed by atoms with Crippen LogP contribution in [-0.4, -0.2) is 55.7 Å². The van der Waals surface area contributed by atoms with Gasteiger partial charge in [0.1, 0.15) is 6.29 Å². The molecule has 0 aliphatic carbocycles. The number of carbonyl (C=O) groups is 3. The minimum atomic E-state index is -0.273. The maximum absolute atomic E-state index is 12.7. The number of nitrogens with two attached hydrogens (primary N) is 1. The van der Waals surface area contributed by atoms with E-state index in [9.17, 15) is 14.4 Å². The van der Waals surface area contributed by atoms with Gasteiger partial charge in [-0.05, 0) is 52.8 Å². The zero-order valence-electron chi connectivity index (χ0n) is 20.4. The molecule has 4 N–H and O–H groups in total. The summed E-state index contributed by atoms with van der Waals surface area (Å²) < 4.78 is 0. The lowest BCUT2D eigenvalue weighted by molar-refractivity contribution is -0.127. The normalized spacial score (nSPS) is 13.8. The first-order chi connectivity index (χ1) is 14.9. The minimum absolute atomic E-state index is 0.0113. The SMILES string of the molecule is CC.CCC(CCC(CC=O)NC=O)N(C)C(C)C(=O)N[C@@H](C)c1ccccc1.CN. The van der Waals surface area contributed by atoms with Crippen molar-refractivity contribution < 1.29 is 14.4 Å². The van der Waals surface area contributed by atoms with Crippen LogP contribution in [0.5, 0.6) is 0 Å². The lowest BCUT2D eigenvalue weighted by atomic mass is 10.00. The van der Waals surface area contributed by atoms with Crippen LogP contribution in [0.3, 0.4) is 0 Å². The average Bonchev–Trinajstić information content (AvgIpc) is 2.82. The highest BCUT2D eigenvalue weighted by Gasteiger charge is 2.25. The molecule has 1 aromatic carbocycles. The standard InChI is InChI=1S/C21H33N3O3.C2H6.CH5N/c1-5-20(12-11-19(13-14-25)22-15-26)24(4)17(3)21(27)23-16(2)18-9-7-6-8-10-18;2*1-2/h6-10,14-17,19-20H,5,11-13H2,1-4H3,(H,22,26)(H,23,27);1-2H3;2H2,1H3/t16-,17?,19?,20?;;/m0../s1. The monoisotopic (exact) mass is 436 g/mol. The Bertz CT molecular complexity index is 573. The van der Waals surface area contributed by atoms with Crippen LogP contribution in [0.25, 0.3) is 0 Å². The Kier molecular flexibility index (Phi) is 19.7. The molecule has 0 bridgehead atoms. The molecule has 3 unspecified atom stereocenters. The van der Waals surface area contributed by atoms with Crippen molar-refractivity contribution in [3.63, 3.8) is 0 Å². The van der Waals surface area contributed by atoms with Gasteiger partial charge in [-0.3, -0.25) is 14.5 Å². The molecule has 2 amide bonds. The van der Waals surface area contributed by atoms with Gasteiger partial charge in [-0.25, -0.2) is 0 Å². The molecule has 0 radical (unpaired) electrons. The van der Waals surface area contributed by atoms with Gasteiger partial charge in [0.25, 0.3) is 0 Å². The van der Waals surface area contributed by atoms with Crippen molar-refractivity contribution in [2.45, 2.75) is 84.5 Å². The molecule has 0 saturated heterocycles. The predicted molar refractivity (Wildman–Crippen MR) is 129 cm³/mol. The van der Waals surface area contributed by atoms with Crippen LogP contribution in [0.1, 0.15) is 71.9 Å². The van der Waals surface area contributed by atoms with Gasteiger partial charge in [0, 0.05) is 18.5 Å². The van der Waals surface area contributed by atoms with Crippen molar-refractivity contribution in [2.24, 2.45) is 5.73 Å². The third kappa shape index (κ3) is 12.3. The van der Waals surface area contributed by atoms with E-state index in [-0.39, 0.29) is 30.1 Å². The molecular weight excluding hydrogens is 392 g/mol. The van der Waals surface area contributed by atoms with E-state index < -0.39 is 0 Å². The molecule has 0 aliphatic heterocycles. The quantitative estimate of drug-likeness (QED) is 0.412. The molecule has 0 spiro atoms. The number of rotatable bonds is 13. The third-order valence-electron chi connectivity index (χ3n) is 5.23. The molecule has 7 heteroatoms. The first-order valence-corrected chi connectivity index (χ1v) is 11.2. The number of amides is 2. The van der Waals surface area contributed by atoms with Crippen molar-refractivity contribution in [2.75, 3.05) is 14.1 Å². The Morgan fingerprint density at radius 3 is 2.16 bits per heavy atom. The topological polar surface area (TPSA) is 105 Å². The number of nitrogens with one attached hydrogen (secondary N) is 2. The molecule has 31 heavy (non-hydrogen) atoms. The molecule has 0 heterocycles. The fourth-order valence-electron chi connectivity index (χ4n) is 3.23. The second-order valence-electron chi connectivity index (χ2n) is 7.01. The molecule has 1 rings (SSSR count). The number of likely N-dealkylation sites (N-methyl/N-ethyl adjacent to an activating group) is 1. The lowest BCUT2D eigenvalue weighted by Gasteiger charge is -2.33. The van der Waals surface area contributed by atoms with E-state index in [1.54, 1.807) is 0 Å². The van der Waals surface area contributed by atoms with Crippen LogP contribution in [0, 0.1) is 0 Å². The Balaban J connectivity index is 0. The first kappa shape index (κ1) is 30.9. The fourth-order valence-corrected chi connectivity index (χ4v) is 3.23. The fraction of sp³-hybridized carbons (Fsp3) is 0.625. The molecule has 1 aromatic rings. The summed E-state index contributed by atoms with van der Waals surface area (Å²) >= 11 is 0. The van der Waals surface area contributed by atoms with E-state index in [1.807, 2.05) is 65.1 Å². The zero-order valence-corrected chi connectivity index (χ0v) is 20.4. The third-order valence-corrected chi connectivity index (χ3v) is 5.23. The predicted octanol–water partition coefficient (Wildman–Crippen LogP) is 3.05. The van der Waals surface area contributed by atoms with Gasteiger partial charge in [-0.1, -0.05) is 51.1 Å². The number of hydrogen-bond donors (Lipinski definition) is 3. The maximum Gasteiger partial charge on any atom is 0.237 e. The summed E-state index contributed by atoms with van der Waals surface area (Å²) in [5, 5.41) is 5.76. The number of carbonyl (C=O) groups excluding carboxylic acids is 3. The van der Waals surface area contributed by atoms with Crippen molar-refractivity contribution in [1.82, 2.24) is 15.5 Å². The molecule has 178 valence electrons. The van der Waals surface area contributed by atoms with Crippen LogP contribution in [0.4, 0.5) is 0 Å². The van der Waals surface area contributed by atoms with Crippen molar-refractivity contribution in [3.05, 3.63) is 35.9 Å². The summed E-state index contributed by atoms with van der Waals surface area (Å²) in [4.78, 5) is 36.2. The highest BCUT2D eigenvalue weighted by atomic mass is 16.2.